The summed E-state index contributed by atoms with van der Waals surface area (Å²) in [6.45, 7) is 1.53. The molecule has 1 N–H and O–H groups in total. The molecule has 3 aliphatic rings. The minimum absolute atomic E-state index is 0.0367. The van der Waals surface area contributed by atoms with E-state index in [-0.39, 0.29) is 17.1 Å². The summed E-state index contributed by atoms with van der Waals surface area (Å²) in [4.78, 5) is 26.4. The number of nitrogens with one attached hydrogen (secondary N) is 1. The SMILES string of the molecule is CN[C@]1(c2ccccc2)CC[C@]2(CC1)CN(c1cnc(OC)cn1)C(=O)N2CC1CCC1. The molecule has 0 unspecified atom stereocenters. The van der Waals surface area contributed by atoms with E-state index >= 15 is 0 Å². The van der Waals surface area contributed by atoms with Crippen molar-refractivity contribution in [2.75, 3.05) is 32.1 Å². The fraction of sp³-hybridized carbons (Fsp3) is 0.560. The average Bonchev–Trinajstić information content (AvgIpc) is 3.09. The summed E-state index contributed by atoms with van der Waals surface area (Å²) in [7, 11) is 3.64. The first kappa shape index (κ1) is 21.2. The fourth-order valence-electron chi connectivity index (χ4n) is 5.74. The molecule has 2 aromatic rings. The minimum Gasteiger partial charge on any atom is -0.480 e. The first-order valence-corrected chi connectivity index (χ1v) is 11.8. The predicted molar refractivity (Wildman–Crippen MR) is 124 cm³/mol. The van der Waals surface area contributed by atoms with Crippen molar-refractivity contribution >= 4 is 11.8 Å². The molecule has 0 bridgehead atoms. The summed E-state index contributed by atoms with van der Waals surface area (Å²) in [5.74, 6) is 1.70. The Hall–Kier alpha value is -2.67. The highest BCUT2D eigenvalue weighted by Gasteiger charge is 2.54. The van der Waals surface area contributed by atoms with Crippen LogP contribution in [0, 0.1) is 5.92 Å². The largest absolute Gasteiger partial charge is 0.480 e. The number of urea groups is 1. The van der Waals surface area contributed by atoms with Gasteiger partial charge in [0.1, 0.15) is 0 Å². The summed E-state index contributed by atoms with van der Waals surface area (Å²) in [6, 6.07) is 10.8. The van der Waals surface area contributed by atoms with Crippen molar-refractivity contribution in [2.45, 2.75) is 56.0 Å². The van der Waals surface area contributed by atoms with Crippen molar-refractivity contribution in [3.8, 4) is 5.88 Å². The van der Waals surface area contributed by atoms with E-state index in [0.29, 0.717) is 24.2 Å². The maximum atomic E-state index is 13.6. The van der Waals surface area contributed by atoms with E-state index in [1.165, 1.54) is 24.8 Å². The number of benzene rings is 1. The van der Waals surface area contributed by atoms with E-state index in [4.69, 9.17) is 4.74 Å². The Balaban J connectivity index is 1.42. The molecule has 2 heterocycles. The fourth-order valence-corrected chi connectivity index (χ4v) is 5.74. The molecule has 7 nitrogen and oxygen atoms in total. The third kappa shape index (κ3) is 3.52. The van der Waals surface area contributed by atoms with Crippen LogP contribution in [-0.4, -0.2) is 53.7 Å². The second-order valence-electron chi connectivity index (χ2n) is 9.62. The molecule has 1 aromatic carbocycles. The number of carbonyl (C=O) groups is 1. The summed E-state index contributed by atoms with van der Waals surface area (Å²) < 4.78 is 5.15. The van der Waals surface area contributed by atoms with Crippen molar-refractivity contribution in [1.82, 2.24) is 20.2 Å². The van der Waals surface area contributed by atoms with Crippen molar-refractivity contribution in [3.05, 3.63) is 48.3 Å². The van der Waals surface area contributed by atoms with Crippen LogP contribution in [0.4, 0.5) is 10.6 Å². The second-order valence-corrected chi connectivity index (χ2v) is 9.62. The molecule has 7 heteroatoms. The van der Waals surface area contributed by atoms with Gasteiger partial charge in [0.15, 0.2) is 5.82 Å². The molecule has 0 radical (unpaired) electrons. The number of carbonyl (C=O) groups excluding carboxylic acids is 1. The number of ether oxygens (including phenoxy) is 1. The van der Waals surface area contributed by atoms with Gasteiger partial charge >= 0.3 is 6.03 Å². The monoisotopic (exact) mass is 435 g/mol. The van der Waals surface area contributed by atoms with E-state index in [1.807, 2.05) is 4.90 Å². The van der Waals surface area contributed by atoms with Gasteiger partial charge < -0.3 is 15.0 Å². The Labute approximate surface area is 190 Å². The van der Waals surface area contributed by atoms with Gasteiger partial charge in [-0.15, -0.1) is 0 Å². The molecule has 0 atom stereocenters. The lowest BCUT2D eigenvalue weighted by Crippen LogP contribution is -2.56. The number of hydrogen-bond donors (Lipinski definition) is 1. The van der Waals surface area contributed by atoms with Crippen molar-refractivity contribution in [1.29, 1.82) is 0 Å². The van der Waals surface area contributed by atoms with Crippen LogP contribution in [0.2, 0.25) is 0 Å². The molecule has 2 saturated carbocycles. The van der Waals surface area contributed by atoms with Crippen LogP contribution in [-0.2, 0) is 5.54 Å². The average molecular weight is 436 g/mol. The molecule has 1 saturated heterocycles. The Morgan fingerprint density at radius 2 is 1.84 bits per heavy atom. The molecule has 1 aliphatic heterocycles. The van der Waals surface area contributed by atoms with Gasteiger partial charge in [-0.1, -0.05) is 36.8 Å². The van der Waals surface area contributed by atoms with Crippen LogP contribution >= 0.6 is 0 Å². The number of nitrogens with zero attached hydrogens (tertiary/aromatic N) is 4. The van der Waals surface area contributed by atoms with Gasteiger partial charge in [-0.05, 0) is 57.1 Å². The summed E-state index contributed by atoms with van der Waals surface area (Å²) in [5, 5.41) is 3.63. The highest BCUT2D eigenvalue weighted by molar-refractivity contribution is 5.94. The van der Waals surface area contributed by atoms with Crippen LogP contribution in [0.5, 0.6) is 5.88 Å². The van der Waals surface area contributed by atoms with E-state index in [2.05, 4.69) is 57.6 Å². The molecule has 1 aromatic heterocycles. The van der Waals surface area contributed by atoms with Crippen LogP contribution < -0.4 is 15.0 Å². The van der Waals surface area contributed by atoms with Crippen LogP contribution in [0.3, 0.4) is 0 Å². The third-order valence-electron chi connectivity index (χ3n) is 8.09. The highest BCUT2D eigenvalue weighted by Crippen LogP contribution is 2.48. The molecule has 2 aliphatic carbocycles. The molecule has 170 valence electrons. The number of methoxy groups -OCH3 is 1. The lowest BCUT2D eigenvalue weighted by Gasteiger charge is -2.49. The lowest BCUT2D eigenvalue weighted by molar-refractivity contribution is 0.0592. The summed E-state index contributed by atoms with van der Waals surface area (Å²) in [5.41, 5.74) is 1.15. The zero-order valence-corrected chi connectivity index (χ0v) is 19.1. The first-order chi connectivity index (χ1) is 15.6. The van der Waals surface area contributed by atoms with E-state index < -0.39 is 0 Å². The van der Waals surface area contributed by atoms with Crippen molar-refractivity contribution < 1.29 is 9.53 Å². The summed E-state index contributed by atoms with van der Waals surface area (Å²) >= 11 is 0. The molecular weight excluding hydrogens is 402 g/mol. The molecule has 3 fully saturated rings. The molecule has 2 amide bonds. The molecule has 1 spiro atoms. The zero-order chi connectivity index (χ0) is 22.2. The van der Waals surface area contributed by atoms with Crippen molar-refractivity contribution in [2.24, 2.45) is 5.92 Å². The van der Waals surface area contributed by atoms with Gasteiger partial charge in [0.05, 0.1) is 31.6 Å². The van der Waals surface area contributed by atoms with Gasteiger partial charge in [0, 0.05) is 12.1 Å². The zero-order valence-electron chi connectivity index (χ0n) is 19.1. The smallest absolute Gasteiger partial charge is 0.326 e. The Kier molecular flexibility index (Phi) is 5.53. The molecular formula is C25H33N5O2. The number of rotatable bonds is 6. The van der Waals surface area contributed by atoms with Gasteiger partial charge in [0.25, 0.3) is 0 Å². The number of hydrogen-bond acceptors (Lipinski definition) is 5. The molecule has 32 heavy (non-hydrogen) atoms. The first-order valence-electron chi connectivity index (χ1n) is 11.8. The second kappa shape index (κ2) is 8.35. The maximum absolute atomic E-state index is 13.6. The normalized spacial score (nSPS) is 28.2. The Bertz CT molecular complexity index is 937. The molecule has 5 rings (SSSR count). The van der Waals surface area contributed by atoms with Gasteiger partial charge in [-0.25, -0.2) is 14.8 Å². The standard InChI is InChI=1S/C25H33N5O2/c1-26-25(20-9-4-3-5-10-20)13-11-24(12-14-25)18-29(21-15-28-22(32-2)16-27-21)23(31)30(24)17-19-7-6-8-19/h3-5,9-10,15-16,19,26H,6-8,11-14,17-18H2,1-2H3/t24-,25+. The van der Waals surface area contributed by atoms with Crippen LogP contribution in [0.15, 0.2) is 42.7 Å². The van der Waals surface area contributed by atoms with E-state index in [9.17, 15) is 4.79 Å². The maximum Gasteiger partial charge on any atom is 0.326 e. The number of aromatic nitrogens is 2. The Morgan fingerprint density at radius 1 is 1.09 bits per heavy atom. The highest BCUT2D eigenvalue weighted by atomic mass is 16.5. The van der Waals surface area contributed by atoms with E-state index in [0.717, 1.165) is 32.2 Å². The minimum atomic E-state index is -0.149. The van der Waals surface area contributed by atoms with Crippen LogP contribution in [0.1, 0.15) is 50.5 Å². The predicted octanol–water partition coefficient (Wildman–Crippen LogP) is 3.96. The summed E-state index contributed by atoms with van der Waals surface area (Å²) in [6.07, 6.45) is 10.9. The number of anilines is 1. The van der Waals surface area contributed by atoms with Gasteiger partial charge in [0.2, 0.25) is 5.88 Å². The quantitative estimate of drug-likeness (QED) is 0.744. The number of amides is 2. The Morgan fingerprint density at radius 3 is 2.41 bits per heavy atom. The van der Waals surface area contributed by atoms with Gasteiger partial charge in [-0.3, -0.25) is 4.90 Å². The third-order valence-corrected chi connectivity index (χ3v) is 8.09. The van der Waals surface area contributed by atoms with Gasteiger partial charge in [-0.2, -0.15) is 0 Å². The van der Waals surface area contributed by atoms with Crippen LogP contribution in [0.25, 0.3) is 0 Å². The lowest BCUT2D eigenvalue weighted by atomic mass is 9.68. The topological polar surface area (TPSA) is 70.6 Å². The van der Waals surface area contributed by atoms with Crippen molar-refractivity contribution in [3.63, 3.8) is 0 Å². The van der Waals surface area contributed by atoms with E-state index in [1.54, 1.807) is 19.5 Å².